The standard InChI is InChI=1S/C12H20N2O2/c1-12(2,3)16-11(15)14-10-4-8-6-13-7-9(8)5-10/h10,13H,4-7H2,1-3H3,(H,14,15). The van der Waals surface area contributed by atoms with Gasteiger partial charge in [0.15, 0.2) is 0 Å². The minimum atomic E-state index is -0.416. The summed E-state index contributed by atoms with van der Waals surface area (Å²) in [6.07, 6.45) is 1.65. The van der Waals surface area contributed by atoms with Gasteiger partial charge in [0.05, 0.1) is 0 Å². The molecule has 2 aliphatic rings. The van der Waals surface area contributed by atoms with E-state index in [1.165, 1.54) is 11.1 Å². The van der Waals surface area contributed by atoms with Crippen molar-refractivity contribution < 1.29 is 9.53 Å². The molecule has 0 aromatic rings. The summed E-state index contributed by atoms with van der Waals surface area (Å²) < 4.78 is 5.24. The van der Waals surface area contributed by atoms with Gasteiger partial charge < -0.3 is 15.4 Å². The van der Waals surface area contributed by atoms with Crippen molar-refractivity contribution in [1.82, 2.24) is 10.6 Å². The minimum absolute atomic E-state index is 0.238. The Morgan fingerprint density at radius 1 is 1.31 bits per heavy atom. The summed E-state index contributed by atoms with van der Waals surface area (Å²) in [5.74, 6) is 0. The molecule has 0 fully saturated rings. The van der Waals surface area contributed by atoms with Crippen LogP contribution in [0.4, 0.5) is 4.79 Å². The third-order valence-electron chi connectivity index (χ3n) is 2.88. The molecule has 0 unspecified atom stereocenters. The topological polar surface area (TPSA) is 50.4 Å². The van der Waals surface area contributed by atoms with E-state index in [1.807, 2.05) is 20.8 Å². The summed E-state index contributed by atoms with van der Waals surface area (Å²) in [6.45, 7) is 7.61. The average Bonchev–Trinajstić information content (AvgIpc) is 2.58. The zero-order valence-corrected chi connectivity index (χ0v) is 10.2. The van der Waals surface area contributed by atoms with Crippen LogP contribution in [0.5, 0.6) is 0 Å². The van der Waals surface area contributed by atoms with Crippen molar-refractivity contribution in [3.05, 3.63) is 11.1 Å². The lowest BCUT2D eigenvalue weighted by Crippen LogP contribution is -2.38. The monoisotopic (exact) mass is 224 g/mol. The van der Waals surface area contributed by atoms with Crippen molar-refractivity contribution in [2.75, 3.05) is 13.1 Å². The number of amides is 1. The van der Waals surface area contributed by atoms with Gasteiger partial charge in [-0.25, -0.2) is 4.79 Å². The lowest BCUT2D eigenvalue weighted by molar-refractivity contribution is 0.0506. The number of hydrogen-bond acceptors (Lipinski definition) is 3. The molecule has 1 heterocycles. The first kappa shape index (κ1) is 11.5. The molecule has 0 radical (unpaired) electrons. The molecular formula is C12H20N2O2. The van der Waals surface area contributed by atoms with Gasteiger partial charge in [0.25, 0.3) is 0 Å². The van der Waals surface area contributed by atoms with Crippen molar-refractivity contribution in [3.8, 4) is 0 Å². The lowest BCUT2D eigenvalue weighted by atomic mass is 10.2. The Morgan fingerprint density at radius 3 is 2.38 bits per heavy atom. The lowest BCUT2D eigenvalue weighted by Gasteiger charge is -2.22. The summed E-state index contributed by atoms with van der Waals surface area (Å²) in [5, 5.41) is 6.25. The third-order valence-corrected chi connectivity index (χ3v) is 2.88. The van der Waals surface area contributed by atoms with Crippen LogP contribution < -0.4 is 10.6 Å². The Bertz CT molecular complexity index is 312. The molecule has 1 aliphatic carbocycles. The highest BCUT2D eigenvalue weighted by Crippen LogP contribution is 2.28. The summed E-state index contributed by atoms with van der Waals surface area (Å²) in [4.78, 5) is 11.6. The molecule has 0 bridgehead atoms. The number of carbonyl (C=O) groups is 1. The summed E-state index contributed by atoms with van der Waals surface area (Å²) in [6, 6.07) is 0.238. The van der Waals surface area contributed by atoms with Crippen LogP contribution in [-0.4, -0.2) is 30.8 Å². The number of rotatable bonds is 1. The molecule has 1 amide bonds. The molecule has 16 heavy (non-hydrogen) atoms. The zero-order chi connectivity index (χ0) is 11.8. The molecule has 0 atom stereocenters. The highest BCUT2D eigenvalue weighted by atomic mass is 16.6. The number of hydrogen-bond donors (Lipinski definition) is 2. The van der Waals surface area contributed by atoms with Gasteiger partial charge in [-0.15, -0.1) is 0 Å². The van der Waals surface area contributed by atoms with Gasteiger partial charge in [0.2, 0.25) is 0 Å². The SMILES string of the molecule is CC(C)(C)OC(=O)NC1CC2=C(CNC2)C1. The van der Waals surface area contributed by atoms with E-state index in [9.17, 15) is 4.79 Å². The van der Waals surface area contributed by atoms with Crippen molar-refractivity contribution in [1.29, 1.82) is 0 Å². The number of alkyl carbamates (subject to hydrolysis) is 1. The van der Waals surface area contributed by atoms with Gasteiger partial charge in [0.1, 0.15) is 5.60 Å². The minimum Gasteiger partial charge on any atom is -0.444 e. The Labute approximate surface area is 96.4 Å². The van der Waals surface area contributed by atoms with Crippen molar-refractivity contribution in [2.24, 2.45) is 0 Å². The van der Waals surface area contributed by atoms with Crippen molar-refractivity contribution in [3.63, 3.8) is 0 Å². The maximum Gasteiger partial charge on any atom is 0.407 e. The van der Waals surface area contributed by atoms with Gasteiger partial charge in [-0.1, -0.05) is 11.1 Å². The second kappa shape index (κ2) is 4.09. The van der Waals surface area contributed by atoms with E-state index < -0.39 is 5.60 Å². The smallest absolute Gasteiger partial charge is 0.407 e. The van der Waals surface area contributed by atoms with Gasteiger partial charge in [-0.3, -0.25) is 0 Å². The molecule has 0 saturated heterocycles. The summed E-state index contributed by atoms with van der Waals surface area (Å²) in [5.41, 5.74) is 2.53. The first-order valence-corrected chi connectivity index (χ1v) is 5.84. The fourth-order valence-electron chi connectivity index (χ4n) is 2.29. The molecule has 90 valence electrons. The Morgan fingerprint density at radius 2 is 1.88 bits per heavy atom. The van der Waals surface area contributed by atoms with Gasteiger partial charge in [0, 0.05) is 19.1 Å². The van der Waals surface area contributed by atoms with E-state index in [4.69, 9.17) is 4.74 Å². The fraction of sp³-hybridized carbons (Fsp3) is 0.750. The molecule has 4 nitrogen and oxygen atoms in total. The highest BCUT2D eigenvalue weighted by molar-refractivity contribution is 5.68. The first-order valence-electron chi connectivity index (χ1n) is 5.84. The van der Waals surface area contributed by atoms with Crippen LogP contribution in [0.15, 0.2) is 11.1 Å². The predicted molar refractivity (Wildman–Crippen MR) is 62.3 cm³/mol. The summed E-state index contributed by atoms with van der Waals surface area (Å²) in [7, 11) is 0. The average molecular weight is 224 g/mol. The van der Waals surface area contributed by atoms with Gasteiger partial charge >= 0.3 is 6.09 Å². The highest BCUT2D eigenvalue weighted by Gasteiger charge is 2.29. The Kier molecular flexibility index (Phi) is 2.93. The van der Waals surface area contributed by atoms with Crippen molar-refractivity contribution >= 4 is 6.09 Å². The maximum absolute atomic E-state index is 11.6. The van der Waals surface area contributed by atoms with Crippen LogP contribution in [0.1, 0.15) is 33.6 Å². The number of ether oxygens (including phenoxy) is 1. The van der Waals surface area contributed by atoms with E-state index in [2.05, 4.69) is 10.6 Å². The predicted octanol–water partition coefficient (Wildman–Crippen LogP) is 1.57. The van der Waals surface area contributed by atoms with Crippen molar-refractivity contribution in [2.45, 2.75) is 45.3 Å². The molecular weight excluding hydrogens is 204 g/mol. The van der Waals surface area contributed by atoms with Crippen LogP contribution >= 0.6 is 0 Å². The van der Waals surface area contributed by atoms with E-state index in [-0.39, 0.29) is 12.1 Å². The van der Waals surface area contributed by atoms with Crippen LogP contribution in [0, 0.1) is 0 Å². The van der Waals surface area contributed by atoms with Gasteiger partial charge in [-0.05, 0) is 33.6 Å². The zero-order valence-electron chi connectivity index (χ0n) is 10.2. The molecule has 1 aliphatic heterocycles. The van der Waals surface area contributed by atoms with Crippen LogP contribution in [0.25, 0.3) is 0 Å². The summed E-state index contributed by atoms with van der Waals surface area (Å²) >= 11 is 0. The molecule has 0 aromatic heterocycles. The number of carbonyl (C=O) groups excluding carboxylic acids is 1. The molecule has 0 saturated carbocycles. The Hall–Kier alpha value is -1.03. The number of nitrogens with one attached hydrogen (secondary N) is 2. The van der Waals surface area contributed by atoms with E-state index in [0.717, 1.165) is 25.9 Å². The quantitative estimate of drug-likeness (QED) is 0.665. The first-order chi connectivity index (χ1) is 7.44. The van der Waals surface area contributed by atoms with Gasteiger partial charge in [-0.2, -0.15) is 0 Å². The molecule has 0 aromatic carbocycles. The molecule has 0 spiro atoms. The molecule has 2 N–H and O–H groups in total. The van der Waals surface area contributed by atoms with Crippen LogP contribution in [0.3, 0.4) is 0 Å². The second-order valence-electron chi connectivity index (χ2n) is 5.56. The largest absolute Gasteiger partial charge is 0.444 e. The molecule has 2 rings (SSSR count). The van der Waals surface area contributed by atoms with Crippen LogP contribution in [0.2, 0.25) is 0 Å². The third kappa shape index (κ3) is 2.76. The fourth-order valence-corrected chi connectivity index (χ4v) is 2.29. The normalized spacial score (nSPS) is 21.2. The van der Waals surface area contributed by atoms with Crippen LogP contribution in [-0.2, 0) is 4.74 Å². The van der Waals surface area contributed by atoms with E-state index in [1.54, 1.807) is 0 Å². The van der Waals surface area contributed by atoms with E-state index >= 15 is 0 Å². The van der Waals surface area contributed by atoms with E-state index in [0.29, 0.717) is 0 Å². The second-order valence-corrected chi connectivity index (χ2v) is 5.56. The Balaban J connectivity index is 1.78. The maximum atomic E-state index is 11.6. The molecule has 4 heteroatoms.